The summed E-state index contributed by atoms with van der Waals surface area (Å²) in [5, 5.41) is 15.9. The number of aromatic nitrogens is 4. The van der Waals surface area contributed by atoms with Gasteiger partial charge in [0, 0.05) is 22.2 Å². The van der Waals surface area contributed by atoms with Crippen molar-refractivity contribution in [1.29, 1.82) is 0 Å². The number of rotatable bonds is 4. The highest BCUT2D eigenvalue weighted by Gasteiger charge is 2.17. The molecule has 30 heavy (non-hydrogen) atoms. The van der Waals surface area contributed by atoms with Gasteiger partial charge in [-0.1, -0.05) is 23.7 Å². The van der Waals surface area contributed by atoms with Gasteiger partial charge in [0.05, 0.1) is 16.8 Å². The van der Waals surface area contributed by atoms with Crippen LogP contribution >= 0.6 is 11.6 Å². The largest absolute Gasteiger partial charge is 0.283 e. The van der Waals surface area contributed by atoms with E-state index in [1.807, 2.05) is 0 Å². The van der Waals surface area contributed by atoms with E-state index in [1.165, 1.54) is 23.0 Å². The van der Waals surface area contributed by atoms with Gasteiger partial charge in [0.25, 0.3) is 17.2 Å². The number of nitro benzene ring substituents is 1. The maximum Gasteiger partial charge on any atom is 0.283 e. The fourth-order valence-electron chi connectivity index (χ4n) is 2.91. The molecule has 1 N–H and O–H groups in total. The second-order valence-electron chi connectivity index (χ2n) is 6.39. The zero-order chi connectivity index (χ0) is 21.4. The lowest BCUT2D eigenvalue weighted by molar-refractivity contribution is -0.385. The molecule has 4 aromatic rings. The molecule has 0 bridgehead atoms. The van der Waals surface area contributed by atoms with Crippen molar-refractivity contribution in [3.63, 3.8) is 0 Å². The molecule has 11 heteroatoms. The van der Waals surface area contributed by atoms with Crippen LogP contribution in [0.15, 0.2) is 59.8 Å². The summed E-state index contributed by atoms with van der Waals surface area (Å²) >= 11 is 6.01. The van der Waals surface area contributed by atoms with Crippen molar-refractivity contribution in [3.05, 3.63) is 91.6 Å². The Morgan fingerprint density at radius 3 is 2.77 bits per heavy atom. The van der Waals surface area contributed by atoms with E-state index in [0.29, 0.717) is 21.9 Å². The predicted octanol–water partition coefficient (Wildman–Crippen LogP) is 2.84. The Hall–Kier alpha value is -4.05. The average Bonchev–Trinajstić information content (AvgIpc) is 3.15. The quantitative estimate of drug-likeness (QED) is 0.396. The first-order chi connectivity index (χ1) is 14.3. The Bertz CT molecular complexity index is 1380. The molecule has 1 amide bonds. The summed E-state index contributed by atoms with van der Waals surface area (Å²) in [7, 11) is 0. The van der Waals surface area contributed by atoms with Gasteiger partial charge in [-0.15, -0.1) is 0 Å². The zero-order valence-electron chi connectivity index (χ0n) is 15.4. The number of carbonyl (C=O) groups is 1. The number of amides is 1. The maximum atomic E-state index is 12.8. The molecular formula is C19H13ClN6O4. The number of nitrogens with zero attached hydrogens (tertiary/aromatic N) is 5. The lowest BCUT2D eigenvalue weighted by Crippen LogP contribution is -2.33. The molecule has 2 heterocycles. The molecule has 2 aromatic heterocycles. The highest BCUT2D eigenvalue weighted by Crippen LogP contribution is 2.20. The van der Waals surface area contributed by atoms with Crippen molar-refractivity contribution < 1.29 is 9.72 Å². The number of benzene rings is 2. The SMILES string of the molecule is Cc1ccc(C(=O)Nn2cnc3c(cnn3-c3cccc(Cl)c3)c2=O)cc1[N+](=O)[O-]. The minimum Gasteiger partial charge on any atom is -0.267 e. The number of halogens is 1. The standard InChI is InChI=1S/C19H13ClN6O4/c1-11-5-6-12(7-16(11)26(29)30)18(27)23-24-10-21-17-15(19(24)28)9-22-25(17)14-4-2-3-13(20)8-14/h2-10H,1H3,(H,23,27). The molecule has 150 valence electrons. The van der Waals surface area contributed by atoms with Crippen LogP contribution in [-0.4, -0.2) is 30.3 Å². The van der Waals surface area contributed by atoms with Crippen molar-refractivity contribution in [2.75, 3.05) is 5.43 Å². The van der Waals surface area contributed by atoms with E-state index in [2.05, 4.69) is 15.5 Å². The van der Waals surface area contributed by atoms with Gasteiger partial charge < -0.3 is 0 Å². The van der Waals surface area contributed by atoms with Crippen LogP contribution in [0.25, 0.3) is 16.7 Å². The van der Waals surface area contributed by atoms with Gasteiger partial charge in [-0.05, 0) is 31.2 Å². The van der Waals surface area contributed by atoms with Crippen LogP contribution in [0.1, 0.15) is 15.9 Å². The van der Waals surface area contributed by atoms with Crippen LogP contribution in [0.3, 0.4) is 0 Å². The van der Waals surface area contributed by atoms with Gasteiger partial charge in [-0.25, -0.2) is 14.3 Å². The topological polar surface area (TPSA) is 125 Å². The second-order valence-corrected chi connectivity index (χ2v) is 6.83. The molecule has 0 spiro atoms. The van der Waals surface area contributed by atoms with Crippen LogP contribution in [0, 0.1) is 17.0 Å². The third kappa shape index (κ3) is 3.40. The highest BCUT2D eigenvalue weighted by atomic mass is 35.5. The van der Waals surface area contributed by atoms with Crippen LogP contribution < -0.4 is 11.0 Å². The van der Waals surface area contributed by atoms with Crippen LogP contribution in [0.5, 0.6) is 0 Å². The summed E-state index contributed by atoms with van der Waals surface area (Å²) in [6, 6.07) is 10.9. The minimum absolute atomic E-state index is 0.0360. The van der Waals surface area contributed by atoms with Crippen LogP contribution in [-0.2, 0) is 0 Å². The average molecular weight is 425 g/mol. The van der Waals surface area contributed by atoms with Gasteiger partial charge in [0.15, 0.2) is 5.65 Å². The Labute approximate surface area is 173 Å². The van der Waals surface area contributed by atoms with E-state index < -0.39 is 16.4 Å². The number of fused-ring (bicyclic) bond motifs is 1. The fraction of sp³-hybridized carbons (Fsp3) is 0.0526. The maximum absolute atomic E-state index is 12.8. The fourth-order valence-corrected chi connectivity index (χ4v) is 3.09. The van der Waals surface area contributed by atoms with E-state index in [9.17, 15) is 19.7 Å². The third-order valence-corrected chi connectivity index (χ3v) is 4.67. The van der Waals surface area contributed by atoms with E-state index in [-0.39, 0.29) is 16.6 Å². The summed E-state index contributed by atoms with van der Waals surface area (Å²) in [5.41, 5.74) is 3.01. The molecule has 0 saturated carbocycles. The monoisotopic (exact) mass is 424 g/mol. The van der Waals surface area contributed by atoms with Crippen molar-refractivity contribution in [2.24, 2.45) is 0 Å². The molecule has 0 unspecified atom stereocenters. The molecule has 0 aliphatic heterocycles. The van der Waals surface area contributed by atoms with E-state index in [4.69, 9.17) is 11.6 Å². The van der Waals surface area contributed by atoms with Gasteiger partial charge in [-0.2, -0.15) is 5.10 Å². The number of nitrogens with one attached hydrogen (secondary N) is 1. The Kier molecular flexibility index (Phi) is 4.76. The highest BCUT2D eigenvalue weighted by molar-refractivity contribution is 6.30. The number of nitro groups is 1. The molecule has 0 fully saturated rings. The van der Waals surface area contributed by atoms with Crippen LogP contribution in [0.2, 0.25) is 5.02 Å². The second kappa shape index (κ2) is 7.41. The van der Waals surface area contributed by atoms with Crippen molar-refractivity contribution in [1.82, 2.24) is 19.4 Å². The molecule has 2 aromatic carbocycles. The summed E-state index contributed by atoms with van der Waals surface area (Å²) in [6.45, 7) is 1.57. The van der Waals surface area contributed by atoms with Crippen molar-refractivity contribution in [2.45, 2.75) is 6.92 Å². The number of hydrogen-bond donors (Lipinski definition) is 1. The molecule has 0 atom stereocenters. The molecule has 10 nitrogen and oxygen atoms in total. The minimum atomic E-state index is -0.691. The van der Waals surface area contributed by atoms with Crippen molar-refractivity contribution in [3.8, 4) is 5.69 Å². The molecule has 0 aliphatic rings. The van der Waals surface area contributed by atoms with E-state index in [0.717, 1.165) is 17.1 Å². The third-order valence-electron chi connectivity index (χ3n) is 4.43. The first-order valence-electron chi connectivity index (χ1n) is 8.63. The molecule has 0 radical (unpaired) electrons. The van der Waals surface area contributed by atoms with Crippen LogP contribution in [0.4, 0.5) is 5.69 Å². The number of aryl methyl sites for hydroxylation is 1. The van der Waals surface area contributed by atoms with Gasteiger partial charge in [-0.3, -0.25) is 25.1 Å². The van der Waals surface area contributed by atoms with Gasteiger partial charge in [0.1, 0.15) is 11.7 Å². The predicted molar refractivity (Wildman–Crippen MR) is 110 cm³/mol. The van der Waals surface area contributed by atoms with E-state index in [1.54, 1.807) is 31.2 Å². The first kappa shape index (κ1) is 19.3. The van der Waals surface area contributed by atoms with Crippen molar-refractivity contribution >= 4 is 34.2 Å². The number of carbonyl (C=O) groups excluding carboxylic acids is 1. The summed E-state index contributed by atoms with van der Waals surface area (Å²) in [5.74, 6) is -0.691. The smallest absolute Gasteiger partial charge is 0.267 e. The molecule has 0 aliphatic carbocycles. The molecule has 0 saturated heterocycles. The normalized spacial score (nSPS) is 10.9. The Morgan fingerprint density at radius 2 is 2.03 bits per heavy atom. The molecule has 4 rings (SSSR count). The lowest BCUT2D eigenvalue weighted by Gasteiger charge is -2.09. The zero-order valence-corrected chi connectivity index (χ0v) is 16.2. The van der Waals surface area contributed by atoms with E-state index >= 15 is 0 Å². The summed E-state index contributed by atoms with van der Waals surface area (Å²) in [6.07, 6.45) is 2.48. The lowest BCUT2D eigenvalue weighted by atomic mass is 10.1. The Balaban J connectivity index is 1.69. The number of hydrogen-bond acceptors (Lipinski definition) is 6. The Morgan fingerprint density at radius 1 is 1.23 bits per heavy atom. The summed E-state index contributed by atoms with van der Waals surface area (Å²) in [4.78, 5) is 40.0. The van der Waals surface area contributed by atoms with Gasteiger partial charge >= 0.3 is 0 Å². The molecular weight excluding hydrogens is 412 g/mol. The first-order valence-corrected chi connectivity index (χ1v) is 9.00. The summed E-state index contributed by atoms with van der Waals surface area (Å²) < 4.78 is 2.36. The van der Waals surface area contributed by atoms with Gasteiger partial charge in [0.2, 0.25) is 0 Å².